The summed E-state index contributed by atoms with van der Waals surface area (Å²) in [5, 5.41) is 8.00. The molecular formula is C53H59N4O3S+. The number of hydrogen-bond acceptors (Lipinski definition) is 6. The van der Waals surface area contributed by atoms with Gasteiger partial charge in [-0.2, -0.15) is 4.58 Å². The number of benzene rings is 5. The lowest BCUT2D eigenvalue weighted by Crippen LogP contribution is -2.28. The van der Waals surface area contributed by atoms with Gasteiger partial charge in [0.25, 0.3) is 5.91 Å². The van der Waals surface area contributed by atoms with Crippen molar-refractivity contribution in [2.75, 3.05) is 45.3 Å². The van der Waals surface area contributed by atoms with Crippen LogP contribution in [0.15, 0.2) is 137 Å². The number of nitrogens with zero attached hydrogens (tertiary/aromatic N) is 2. The molecule has 314 valence electrons. The predicted octanol–water partition coefficient (Wildman–Crippen LogP) is 11.2. The molecule has 1 amide bonds. The van der Waals surface area contributed by atoms with Crippen LogP contribution in [0.4, 0.5) is 11.4 Å². The van der Waals surface area contributed by atoms with Crippen LogP contribution in [0, 0.1) is 0 Å². The Kier molecular flexibility index (Phi) is 11.8. The molecule has 61 heavy (non-hydrogen) atoms. The number of likely N-dealkylation sites (N-methyl/N-ethyl adjacent to an activating group) is 1. The van der Waals surface area contributed by atoms with Gasteiger partial charge < -0.3 is 25.4 Å². The molecule has 0 fully saturated rings. The molecule has 0 bridgehead atoms. The van der Waals surface area contributed by atoms with Crippen LogP contribution in [0.2, 0.25) is 0 Å². The van der Waals surface area contributed by atoms with Crippen molar-refractivity contribution in [1.82, 2.24) is 5.32 Å². The van der Waals surface area contributed by atoms with Crippen LogP contribution >= 0.6 is 11.8 Å². The zero-order chi connectivity index (χ0) is 43.1. The van der Waals surface area contributed by atoms with Crippen molar-refractivity contribution >= 4 is 56.3 Å². The van der Waals surface area contributed by atoms with E-state index in [9.17, 15) is 4.79 Å². The van der Waals surface area contributed by atoms with E-state index in [2.05, 4.69) is 160 Å². The third-order valence-electron chi connectivity index (χ3n) is 12.9. The summed E-state index contributed by atoms with van der Waals surface area (Å²) < 4.78 is 13.7. The van der Waals surface area contributed by atoms with E-state index in [-0.39, 0.29) is 22.0 Å². The standard InChI is InChI=1S/C53H58N4O3S/c1-9-56-44-26-16-36-32-38(59-7)19-23-42(36)49(44)52(3,4)47(56)28-18-34-12-11-13-46(61-40-21-14-35(15-22-40)51(58)55-31-30-54)41(34)25-29-48-53(5,6)50-43-24-20-39(60-8)33-37(43)17-27-45(50)57(48)10-2/h12,14-29,32-33,46H,9-11,13,30-31,54H2,1-8H3/p+1/b28-18+,41-25+,48-29+. The quantitative estimate of drug-likeness (QED) is 0.122. The van der Waals surface area contributed by atoms with Gasteiger partial charge in [0.15, 0.2) is 5.71 Å². The Morgan fingerprint density at radius 2 is 1.52 bits per heavy atom. The molecule has 0 aromatic heterocycles. The minimum atomic E-state index is -0.238. The van der Waals surface area contributed by atoms with Crippen LogP contribution in [0.25, 0.3) is 21.5 Å². The fourth-order valence-corrected chi connectivity index (χ4v) is 11.1. The first-order valence-electron chi connectivity index (χ1n) is 21.7. The second kappa shape index (κ2) is 17.1. The molecule has 3 N–H and O–H groups in total. The van der Waals surface area contributed by atoms with E-state index in [0.717, 1.165) is 42.3 Å². The summed E-state index contributed by atoms with van der Waals surface area (Å²) in [6.45, 7) is 16.5. The van der Waals surface area contributed by atoms with Crippen molar-refractivity contribution in [3.8, 4) is 11.5 Å². The van der Waals surface area contributed by atoms with Gasteiger partial charge in [0.2, 0.25) is 5.69 Å². The molecule has 0 saturated heterocycles. The van der Waals surface area contributed by atoms with E-state index < -0.39 is 0 Å². The van der Waals surface area contributed by atoms with Gasteiger partial charge >= 0.3 is 0 Å². The number of fused-ring (bicyclic) bond motifs is 6. The smallest absolute Gasteiger partial charge is 0.251 e. The molecule has 2 aliphatic heterocycles. The van der Waals surface area contributed by atoms with Crippen LogP contribution in [-0.4, -0.2) is 61.8 Å². The summed E-state index contributed by atoms with van der Waals surface area (Å²) in [5.74, 6) is 1.64. The van der Waals surface area contributed by atoms with E-state index in [0.29, 0.717) is 18.7 Å². The Hall–Kier alpha value is -5.57. The average Bonchev–Trinajstić information content (AvgIpc) is 3.64. The number of hydrogen-bond donors (Lipinski definition) is 2. The van der Waals surface area contributed by atoms with Crippen molar-refractivity contribution < 1.29 is 18.8 Å². The van der Waals surface area contributed by atoms with Crippen LogP contribution in [0.3, 0.4) is 0 Å². The van der Waals surface area contributed by atoms with Gasteiger partial charge in [-0.15, -0.1) is 11.8 Å². The molecule has 1 atom stereocenters. The lowest BCUT2D eigenvalue weighted by Gasteiger charge is -2.28. The van der Waals surface area contributed by atoms with Crippen molar-refractivity contribution in [2.24, 2.45) is 5.73 Å². The summed E-state index contributed by atoms with van der Waals surface area (Å²) in [6, 6.07) is 29.9. The Morgan fingerprint density at radius 1 is 0.852 bits per heavy atom. The third-order valence-corrected chi connectivity index (χ3v) is 14.2. The number of methoxy groups -OCH3 is 2. The largest absolute Gasteiger partial charge is 0.497 e. The van der Waals surface area contributed by atoms with Crippen molar-refractivity contribution in [3.63, 3.8) is 0 Å². The maximum atomic E-state index is 12.7. The molecule has 0 spiro atoms. The van der Waals surface area contributed by atoms with Gasteiger partial charge in [-0.1, -0.05) is 44.2 Å². The minimum absolute atomic E-state index is 0.0989. The highest BCUT2D eigenvalue weighted by Gasteiger charge is 2.45. The lowest BCUT2D eigenvalue weighted by molar-refractivity contribution is -0.433. The number of nitrogens with two attached hydrogens (primary N) is 1. The van der Waals surface area contributed by atoms with Gasteiger partial charge in [0.1, 0.15) is 18.0 Å². The molecule has 0 radical (unpaired) electrons. The maximum Gasteiger partial charge on any atom is 0.251 e. The van der Waals surface area contributed by atoms with Crippen LogP contribution in [0.1, 0.15) is 75.9 Å². The number of thioether (sulfide) groups is 1. The Labute approximate surface area is 365 Å². The van der Waals surface area contributed by atoms with E-state index in [1.807, 2.05) is 23.9 Å². The first-order valence-corrected chi connectivity index (χ1v) is 22.5. The maximum absolute atomic E-state index is 12.7. The van der Waals surface area contributed by atoms with Gasteiger partial charge in [-0.05, 0) is 152 Å². The first kappa shape index (κ1) is 42.1. The summed E-state index contributed by atoms with van der Waals surface area (Å²) in [7, 11) is 3.45. The Balaban J connectivity index is 1.20. The zero-order valence-electron chi connectivity index (χ0n) is 36.9. The number of rotatable bonds is 12. The number of nitrogens with one attached hydrogen (secondary N) is 1. The predicted molar refractivity (Wildman–Crippen MR) is 256 cm³/mol. The fraction of sp³-hybridized carbons (Fsp3) is 0.321. The van der Waals surface area contributed by atoms with Gasteiger partial charge in [-0.3, -0.25) is 4.79 Å². The monoisotopic (exact) mass is 831 g/mol. The van der Waals surface area contributed by atoms with E-state index >= 15 is 0 Å². The van der Waals surface area contributed by atoms with Crippen LogP contribution in [-0.2, 0) is 10.8 Å². The van der Waals surface area contributed by atoms with Crippen molar-refractivity contribution in [1.29, 1.82) is 0 Å². The van der Waals surface area contributed by atoms with Gasteiger partial charge in [0, 0.05) is 69.8 Å². The number of ether oxygens (including phenoxy) is 2. The van der Waals surface area contributed by atoms with Crippen molar-refractivity contribution in [3.05, 3.63) is 149 Å². The molecule has 2 heterocycles. The molecule has 1 unspecified atom stereocenters. The minimum Gasteiger partial charge on any atom is -0.497 e. The molecule has 5 aromatic carbocycles. The zero-order valence-corrected chi connectivity index (χ0v) is 37.7. The number of amides is 1. The molecule has 8 heteroatoms. The van der Waals surface area contributed by atoms with E-state index in [1.54, 1.807) is 14.2 Å². The highest BCUT2D eigenvalue weighted by Crippen LogP contribution is 2.51. The molecule has 3 aliphatic rings. The molecular weight excluding hydrogens is 773 g/mol. The second-order valence-corrected chi connectivity index (χ2v) is 18.4. The van der Waals surface area contributed by atoms with Crippen LogP contribution in [0.5, 0.6) is 11.5 Å². The average molecular weight is 832 g/mol. The number of allylic oxidation sites excluding steroid dienone is 7. The Morgan fingerprint density at radius 3 is 2.16 bits per heavy atom. The summed E-state index contributed by atoms with van der Waals surface area (Å²) in [5.41, 5.74) is 16.2. The number of carbonyl (C=O) groups excluding carboxylic acids is 1. The number of anilines is 1. The lowest BCUT2D eigenvalue weighted by atomic mass is 9.78. The SMILES string of the molecule is CCN1/C(=C/C=C2\C(/C=C/C3=[N+](CC)c4ccc5cc(OC)ccc5c4C3(C)C)=CCCC2Sc2ccc(C(=O)NCCN)cc2)C(C)(C)c2c1ccc1cc(OC)ccc21. The summed E-state index contributed by atoms with van der Waals surface area (Å²) >= 11 is 1.88. The topological polar surface area (TPSA) is 79.8 Å². The van der Waals surface area contributed by atoms with E-state index in [1.165, 1.54) is 66.6 Å². The molecule has 0 saturated carbocycles. The van der Waals surface area contributed by atoms with Crippen molar-refractivity contribution in [2.45, 2.75) is 75.4 Å². The molecule has 5 aromatic rings. The van der Waals surface area contributed by atoms with E-state index in [4.69, 9.17) is 15.2 Å². The van der Waals surface area contributed by atoms with Crippen LogP contribution < -0.4 is 25.4 Å². The van der Waals surface area contributed by atoms with Gasteiger partial charge in [-0.25, -0.2) is 0 Å². The second-order valence-electron chi connectivity index (χ2n) is 17.1. The summed E-state index contributed by atoms with van der Waals surface area (Å²) in [6.07, 6.45) is 13.9. The van der Waals surface area contributed by atoms with Gasteiger partial charge in [0.05, 0.1) is 19.6 Å². The molecule has 8 rings (SSSR count). The summed E-state index contributed by atoms with van der Waals surface area (Å²) in [4.78, 5) is 16.3. The highest BCUT2D eigenvalue weighted by atomic mass is 32.2. The molecule has 7 nitrogen and oxygen atoms in total. The number of carbonyl (C=O) groups is 1. The molecule has 1 aliphatic carbocycles. The normalized spacial score (nSPS) is 19.3. The third kappa shape index (κ3) is 7.59. The Bertz CT molecular complexity index is 2680. The highest BCUT2D eigenvalue weighted by molar-refractivity contribution is 8.00. The fourth-order valence-electron chi connectivity index (χ4n) is 9.89. The first-order chi connectivity index (χ1) is 29.4.